The van der Waals surface area contributed by atoms with Gasteiger partial charge in [-0.25, -0.2) is 4.39 Å². The average Bonchev–Trinajstić information content (AvgIpc) is 2.88. The van der Waals surface area contributed by atoms with Gasteiger partial charge >= 0.3 is 0 Å². The summed E-state index contributed by atoms with van der Waals surface area (Å²) in [6, 6.07) is 6.62. The molecule has 0 saturated heterocycles. The van der Waals surface area contributed by atoms with Crippen LogP contribution in [0, 0.1) is 11.7 Å². The Morgan fingerprint density at radius 3 is 2.83 bits per heavy atom. The van der Waals surface area contributed by atoms with Crippen LogP contribution in [0.3, 0.4) is 0 Å². The lowest BCUT2D eigenvalue weighted by molar-refractivity contribution is 0.136. The fraction of sp³-hybridized carbons (Fsp3) is 0.588. The van der Waals surface area contributed by atoms with E-state index < -0.39 is 0 Å². The van der Waals surface area contributed by atoms with Crippen LogP contribution in [0.15, 0.2) is 29.3 Å². The molecule has 1 saturated carbocycles. The van der Waals surface area contributed by atoms with Crippen molar-refractivity contribution in [2.45, 2.75) is 38.8 Å². The predicted molar refractivity (Wildman–Crippen MR) is 103 cm³/mol. The lowest BCUT2D eigenvalue weighted by atomic mass is 10.1. The van der Waals surface area contributed by atoms with Gasteiger partial charge in [0.05, 0.1) is 6.10 Å². The molecular formula is C17H27FIN3O. The van der Waals surface area contributed by atoms with Crippen LogP contribution in [0.1, 0.15) is 31.7 Å². The van der Waals surface area contributed by atoms with Crippen molar-refractivity contribution < 1.29 is 9.50 Å². The van der Waals surface area contributed by atoms with E-state index in [9.17, 15) is 9.50 Å². The molecule has 0 bridgehead atoms. The Labute approximate surface area is 155 Å². The summed E-state index contributed by atoms with van der Waals surface area (Å²) in [6.07, 6.45) is 2.78. The number of guanidine groups is 1. The molecule has 0 aliphatic heterocycles. The number of aliphatic imine (C=N–C) groups is 1. The molecule has 1 aromatic carbocycles. The number of halogens is 2. The Kier molecular flexibility index (Phi) is 8.83. The molecule has 1 fully saturated rings. The second-order valence-electron chi connectivity index (χ2n) is 5.94. The summed E-state index contributed by atoms with van der Waals surface area (Å²) >= 11 is 0. The molecule has 0 amide bonds. The molecule has 0 aromatic heterocycles. The molecule has 2 N–H and O–H groups in total. The lowest BCUT2D eigenvalue weighted by Gasteiger charge is -2.23. The minimum Gasteiger partial charge on any atom is -0.393 e. The summed E-state index contributed by atoms with van der Waals surface area (Å²) in [7, 11) is 1.94. The van der Waals surface area contributed by atoms with Crippen LogP contribution in [-0.4, -0.2) is 42.2 Å². The summed E-state index contributed by atoms with van der Waals surface area (Å²) in [5.41, 5.74) is 0.911. The van der Waals surface area contributed by atoms with Crippen LogP contribution >= 0.6 is 24.0 Å². The summed E-state index contributed by atoms with van der Waals surface area (Å²) in [5.74, 6) is 0.837. The molecule has 2 rings (SSSR count). The Bertz CT molecular complexity index is 512. The first-order chi connectivity index (χ1) is 10.6. The van der Waals surface area contributed by atoms with Crippen LogP contribution in [0.2, 0.25) is 0 Å². The Morgan fingerprint density at radius 2 is 2.22 bits per heavy atom. The smallest absolute Gasteiger partial charge is 0.193 e. The maximum atomic E-state index is 13.3. The SMILES string of the molecule is CCNC(=NCC1CCCC1O)N(C)Cc1cccc(F)c1.I. The maximum absolute atomic E-state index is 13.3. The van der Waals surface area contributed by atoms with Crippen LogP contribution in [0.25, 0.3) is 0 Å². The first-order valence-corrected chi connectivity index (χ1v) is 8.02. The van der Waals surface area contributed by atoms with Gasteiger partial charge in [0.15, 0.2) is 5.96 Å². The number of nitrogens with zero attached hydrogens (tertiary/aromatic N) is 2. The van der Waals surface area contributed by atoms with Gasteiger partial charge in [0.1, 0.15) is 5.82 Å². The van der Waals surface area contributed by atoms with Crippen LogP contribution < -0.4 is 5.32 Å². The molecular weight excluding hydrogens is 408 g/mol. The monoisotopic (exact) mass is 435 g/mol. The molecule has 2 atom stereocenters. The summed E-state index contributed by atoms with van der Waals surface area (Å²) in [6.45, 7) is 4.03. The molecule has 23 heavy (non-hydrogen) atoms. The molecule has 1 aromatic rings. The summed E-state index contributed by atoms with van der Waals surface area (Å²) in [4.78, 5) is 6.63. The van der Waals surface area contributed by atoms with E-state index in [0.29, 0.717) is 13.1 Å². The second-order valence-corrected chi connectivity index (χ2v) is 5.94. The third-order valence-corrected chi connectivity index (χ3v) is 4.10. The maximum Gasteiger partial charge on any atom is 0.193 e. The molecule has 1 aliphatic carbocycles. The first-order valence-electron chi connectivity index (χ1n) is 8.02. The normalized spacial score (nSPS) is 21.0. The molecule has 0 spiro atoms. The van der Waals surface area contributed by atoms with Crippen molar-refractivity contribution in [3.8, 4) is 0 Å². The average molecular weight is 435 g/mol. The minimum absolute atomic E-state index is 0. The summed E-state index contributed by atoms with van der Waals surface area (Å²) < 4.78 is 13.3. The van der Waals surface area contributed by atoms with Crippen molar-refractivity contribution in [1.82, 2.24) is 10.2 Å². The van der Waals surface area contributed by atoms with Crippen LogP contribution in [-0.2, 0) is 6.54 Å². The fourth-order valence-corrected chi connectivity index (χ4v) is 2.89. The molecule has 1 aliphatic rings. The predicted octanol–water partition coefficient (Wildman–Crippen LogP) is 3.00. The van der Waals surface area contributed by atoms with Gasteiger partial charge in [-0.15, -0.1) is 24.0 Å². The third kappa shape index (κ3) is 6.25. The molecule has 6 heteroatoms. The molecule has 0 radical (unpaired) electrons. The van der Waals surface area contributed by atoms with Crippen molar-refractivity contribution in [1.29, 1.82) is 0 Å². The fourth-order valence-electron chi connectivity index (χ4n) is 2.89. The molecule has 4 nitrogen and oxygen atoms in total. The second kappa shape index (κ2) is 10.1. The highest BCUT2D eigenvalue weighted by Crippen LogP contribution is 2.25. The molecule has 2 unspecified atom stereocenters. The van der Waals surface area contributed by atoms with Crippen molar-refractivity contribution in [3.05, 3.63) is 35.6 Å². The van der Waals surface area contributed by atoms with Gasteiger partial charge in [0.2, 0.25) is 0 Å². The first kappa shape index (κ1) is 20.2. The number of rotatable bonds is 5. The standard InChI is InChI=1S/C17H26FN3O.HI/c1-3-19-17(20-11-14-7-5-9-16(14)22)21(2)12-13-6-4-8-15(18)10-13;/h4,6,8,10,14,16,22H,3,5,7,9,11-12H2,1-2H3,(H,19,20);1H. The zero-order chi connectivity index (χ0) is 15.9. The van der Waals surface area contributed by atoms with Crippen molar-refractivity contribution in [2.24, 2.45) is 10.9 Å². The van der Waals surface area contributed by atoms with E-state index in [-0.39, 0.29) is 41.8 Å². The Balaban J connectivity index is 0.00000264. The quantitative estimate of drug-likeness (QED) is 0.425. The number of aliphatic hydroxyl groups excluding tert-OH is 1. The van der Waals surface area contributed by atoms with Crippen molar-refractivity contribution in [2.75, 3.05) is 20.1 Å². The molecule has 0 heterocycles. The van der Waals surface area contributed by atoms with E-state index in [2.05, 4.69) is 10.3 Å². The zero-order valence-corrected chi connectivity index (χ0v) is 16.2. The highest BCUT2D eigenvalue weighted by atomic mass is 127. The minimum atomic E-state index is -0.222. The van der Waals surface area contributed by atoms with E-state index in [1.165, 1.54) is 6.07 Å². The van der Waals surface area contributed by atoms with Gasteiger partial charge in [-0.05, 0) is 37.5 Å². The number of hydrogen-bond acceptors (Lipinski definition) is 2. The Morgan fingerprint density at radius 1 is 1.43 bits per heavy atom. The molecule has 130 valence electrons. The topological polar surface area (TPSA) is 47.9 Å². The van der Waals surface area contributed by atoms with Gasteiger partial charge in [0, 0.05) is 32.6 Å². The van der Waals surface area contributed by atoms with Gasteiger partial charge in [-0.2, -0.15) is 0 Å². The van der Waals surface area contributed by atoms with E-state index in [1.807, 2.05) is 24.9 Å². The Hall–Kier alpha value is -0.890. The highest BCUT2D eigenvalue weighted by molar-refractivity contribution is 14.0. The van der Waals surface area contributed by atoms with Gasteiger partial charge in [0.25, 0.3) is 0 Å². The number of nitrogens with one attached hydrogen (secondary N) is 1. The van der Waals surface area contributed by atoms with Crippen molar-refractivity contribution >= 4 is 29.9 Å². The number of aliphatic hydroxyl groups is 1. The van der Waals surface area contributed by atoms with Crippen LogP contribution in [0.4, 0.5) is 4.39 Å². The largest absolute Gasteiger partial charge is 0.393 e. The number of benzene rings is 1. The zero-order valence-electron chi connectivity index (χ0n) is 13.8. The van der Waals surface area contributed by atoms with E-state index >= 15 is 0 Å². The highest BCUT2D eigenvalue weighted by Gasteiger charge is 2.25. The van der Waals surface area contributed by atoms with Gasteiger partial charge < -0.3 is 15.3 Å². The van der Waals surface area contributed by atoms with Crippen LogP contribution in [0.5, 0.6) is 0 Å². The van der Waals surface area contributed by atoms with Crippen molar-refractivity contribution in [3.63, 3.8) is 0 Å². The lowest BCUT2D eigenvalue weighted by Crippen LogP contribution is -2.39. The van der Waals surface area contributed by atoms with E-state index in [4.69, 9.17) is 0 Å². The third-order valence-electron chi connectivity index (χ3n) is 4.10. The van der Waals surface area contributed by atoms with Gasteiger partial charge in [-0.1, -0.05) is 18.6 Å². The van der Waals surface area contributed by atoms with Gasteiger partial charge in [-0.3, -0.25) is 4.99 Å². The summed E-state index contributed by atoms with van der Waals surface area (Å²) in [5, 5.41) is 13.1. The van der Waals surface area contributed by atoms with E-state index in [1.54, 1.807) is 12.1 Å². The van der Waals surface area contributed by atoms with E-state index in [0.717, 1.165) is 37.3 Å². The number of hydrogen-bond donors (Lipinski definition) is 2.